The van der Waals surface area contributed by atoms with Crippen molar-refractivity contribution in [2.24, 2.45) is 5.73 Å². The summed E-state index contributed by atoms with van der Waals surface area (Å²) < 4.78 is 45.0. The molecule has 2 aromatic rings. The molecule has 0 aliphatic rings. The first kappa shape index (κ1) is 15.1. The van der Waals surface area contributed by atoms with Crippen LogP contribution in [0.3, 0.4) is 0 Å². The fourth-order valence-corrected chi connectivity index (χ4v) is 1.77. The molecule has 1 atom stereocenters. The summed E-state index contributed by atoms with van der Waals surface area (Å²) in [4.78, 5) is 4.03. The van der Waals surface area contributed by atoms with Gasteiger partial charge in [0.25, 0.3) is 0 Å². The zero-order valence-corrected chi connectivity index (χ0v) is 11.1. The van der Waals surface area contributed by atoms with Gasteiger partial charge in [0, 0.05) is 12.3 Å². The van der Waals surface area contributed by atoms with Crippen LogP contribution in [-0.4, -0.2) is 18.5 Å². The van der Waals surface area contributed by atoms with E-state index in [0.29, 0.717) is 11.4 Å². The summed E-state index contributed by atoms with van der Waals surface area (Å²) >= 11 is 0. The van der Waals surface area contributed by atoms with Crippen LogP contribution < -0.4 is 15.2 Å². The smallest absolute Gasteiger partial charge is 0.481 e. The number of pyridine rings is 1. The van der Waals surface area contributed by atoms with Crippen molar-refractivity contribution in [1.29, 1.82) is 0 Å². The fraction of sp³-hybridized carbons (Fsp3) is 0.214. The van der Waals surface area contributed by atoms with Gasteiger partial charge >= 0.3 is 6.36 Å². The van der Waals surface area contributed by atoms with Crippen LogP contribution >= 0.6 is 0 Å². The molecular formula is C14H13F3N2O2. The highest BCUT2D eigenvalue weighted by molar-refractivity contribution is 5.35. The van der Waals surface area contributed by atoms with E-state index in [2.05, 4.69) is 9.72 Å². The molecule has 0 radical (unpaired) electrons. The SMILES string of the molecule is COc1ccc([C@H](N)c2ccc(OC(F)(F)F)cc2)cn1. The van der Waals surface area contributed by atoms with Crippen LogP contribution in [0.1, 0.15) is 17.2 Å². The van der Waals surface area contributed by atoms with Gasteiger partial charge in [0.2, 0.25) is 5.88 Å². The second-order valence-electron chi connectivity index (χ2n) is 4.23. The minimum Gasteiger partial charge on any atom is -0.481 e. The van der Waals surface area contributed by atoms with E-state index >= 15 is 0 Å². The number of alkyl halides is 3. The lowest BCUT2D eigenvalue weighted by molar-refractivity contribution is -0.274. The summed E-state index contributed by atoms with van der Waals surface area (Å²) in [6, 6.07) is 8.32. The van der Waals surface area contributed by atoms with Crippen molar-refractivity contribution in [2.75, 3.05) is 7.11 Å². The van der Waals surface area contributed by atoms with Crippen LogP contribution in [0.25, 0.3) is 0 Å². The first-order valence-electron chi connectivity index (χ1n) is 6.00. The number of ether oxygens (including phenoxy) is 2. The third kappa shape index (κ3) is 4.09. The zero-order valence-electron chi connectivity index (χ0n) is 11.1. The molecule has 0 aliphatic carbocycles. The molecule has 2 N–H and O–H groups in total. The van der Waals surface area contributed by atoms with Crippen LogP contribution in [0.2, 0.25) is 0 Å². The molecule has 1 heterocycles. The third-order valence-corrected chi connectivity index (χ3v) is 2.80. The van der Waals surface area contributed by atoms with Gasteiger partial charge in [-0.15, -0.1) is 13.2 Å². The number of aromatic nitrogens is 1. The van der Waals surface area contributed by atoms with E-state index in [9.17, 15) is 13.2 Å². The lowest BCUT2D eigenvalue weighted by atomic mass is 10.0. The Morgan fingerprint density at radius 2 is 1.67 bits per heavy atom. The predicted molar refractivity (Wildman–Crippen MR) is 69.9 cm³/mol. The van der Waals surface area contributed by atoms with E-state index in [1.807, 2.05) is 0 Å². The van der Waals surface area contributed by atoms with Gasteiger partial charge in [-0.3, -0.25) is 0 Å². The van der Waals surface area contributed by atoms with Gasteiger partial charge in [-0.2, -0.15) is 0 Å². The van der Waals surface area contributed by atoms with Crippen molar-refractivity contribution >= 4 is 0 Å². The molecule has 112 valence electrons. The first-order chi connectivity index (χ1) is 9.89. The highest BCUT2D eigenvalue weighted by Crippen LogP contribution is 2.26. The molecule has 21 heavy (non-hydrogen) atoms. The van der Waals surface area contributed by atoms with Crippen LogP contribution in [0, 0.1) is 0 Å². The Kier molecular flexibility index (Phi) is 4.32. The van der Waals surface area contributed by atoms with Crippen LogP contribution in [0.5, 0.6) is 11.6 Å². The molecule has 0 fully saturated rings. The predicted octanol–water partition coefficient (Wildman–Crippen LogP) is 3.04. The number of nitrogens with zero attached hydrogens (tertiary/aromatic N) is 1. The number of hydrogen-bond donors (Lipinski definition) is 1. The molecule has 1 aromatic carbocycles. The molecule has 2 rings (SSSR count). The lowest BCUT2D eigenvalue weighted by Crippen LogP contribution is -2.17. The number of benzene rings is 1. The van der Waals surface area contributed by atoms with Crippen molar-refractivity contribution in [3.63, 3.8) is 0 Å². The minimum atomic E-state index is -4.70. The van der Waals surface area contributed by atoms with Crippen LogP contribution in [0.4, 0.5) is 13.2 Å². The summed E-state index contributed by atoms with van der Waals surface area (Å²) in [6.45, 7) is 0. The van der Waals surface area contributed by atoms with E-state index in [-0.39, 0.29) is 5.75 Å². The maximum Gasteiger partial charge on any atom is 0.573 e. The third-order valence-electron chi connectivity index (χ3n) is 2.80. The monoisotopic (exact) mass is 298 g/mol. The van der Waals surface area contributed by atoms with Crippen LogP contribution in [0.15, 0.2) is 42.6 Å². The van der Waals surface area contributed by atoms with E-state index in [0.717, 1.165) is 5.56 Å². The Morgan fingerprint density at radius 1 is 1.05 bits per heavy atom. The van der Waals surface area contributed by atoms with E-state index in [1.54, 1.807) is 18.3 Å². The minimum absolute atomic E-state index is 0.286. The van der Waals surface area contributed by atoms with Crippen molar-refractivity contribution in [3.8, 4) is 11.6 Å². The lowest BCUT2D eigenvalue weighted by Gasteiger charge is -2.14. The van der Waals surface area contributed by atoms with Gasteiger partial charge in [0.15, 0.2) is 0 Å². The second-order valence-corrected chi connectivity index (χ2v) is 4.23. The number of methoxy groups -OCH3 is 1. The number of nitrogens with two attached hydrogens (primary N) is 1. The zero-order chi connectivity index (χ0) is 15.5. The van der Waals surface area contributed by atoms with E-state index in [1.165, 1.54) is 31.4 Å². The largest absolute Gasteiger partial charge is 0.573 e. The van der Waals surface area contributed by atoms with Gasteiger partial charge in [-0.1, -0.05) is 18.2 Å². The van der Waals surface area contributed by atoms with Gasteiger partial charge in [0.1, 0.15) is 5.75 Å². The van der Waals surface area contributed by atoms with E-state index < -0.39 is 12.4 Å². The summed E-state index contributed by atoms with van der Waals surface area (Å²) in [5.74, 6) is 0.172. The molecule has 4 nitrogen and oxygen atoms in total. The summed E-state index contributed by atoms with van der Waals surface area (Å²) in [5, 5.41) is 0. The van der Waals surface area contributed by atoms with Crippen LogP contribution in [-0.2, 0) is 0 Å². The van der Waals surface area contributed by atoms with Gasteiger partial charge in [-0.05, 0) is 23.3 Å². The normalized spacial score (nSPS) is 12.8. The molecule has 0 saturated heterocycles. The Balaban J connectivity index is 2.13. The second kappa shape index (κ2) is 6.01. The first-order valence-corrected chi connectivity index (χ1v) is 6.00. The molecule has 0 spiro atoms. The average molecular weight is 298 g/mol. The average Bonchev–Trinajstić information content (AvgIpc) is 2.46. The maximum absolute atomic E-state index is 12.1. The van der Waals surface area contributed by atoms with Gasteiger partial charge in [-0.25, -0.2) is 4.98 Å². The highest BCUT2D eigenvalue weighted by atomic mass is 19.4. The molecule has 0 aliphatic heterocycles. The molecule has 7 heteroatoms. The molecule has 0 amide bonds. The fourth-order valence-electron chi connectivity index (χ4n) is 1.77. The Morgan fingerprint density at radius 3 is 2.14 bits per heavy atom. The van der Waals surface area contributed by atoms with Crippen molar-refractivity contribution in [2.45, 2.75) is 12.4 Å². The summed E-state index contributed by atoms with van der Waals surface area (Å²) in [7, 11) is 1.50. The molecule has 0 saturated carbocycles. The summed E-state index contributed by atoms with van der Waals surface area (Å²) in [6.07, 6.45) is -3.15. The Labute approximate surface area is 119 Å². The van der Waals surface area contributed by atoms with E-state index in [4.69, 9.17) is 10.5 Å². The van der Waals surface area contributed by atoms with Gasteiger partial charge < -0.3 is 15.2 Å². The quantitative estimate of drug-likeness (QED) is 0.942. The topological polar surface area (TPSA) is 57.4 Å². The maximum atomic E-state index is 12.1. The standard InChI is InChI=1S/C14H13F3N2O2/c1-20-12-7-4-10(8-19-12)13(18)9-2-5-11(6-3-9)21-14(15,16)17/h2-8,13H,18H2,1H3/t13-/m1/s1. The molecular weight excluding hydrogens is 285 g/mol. The number of halogens is 3. The van der Waals surface area contributed by atoms with Gasteiger partial charge in [0.05, 0.1) is 13.2 Å². The van der Waals surface area contributed by atoms with Crippen molar-refractivity contribution in [3.05, 3.63) is 53.7 Å². The molecule has 0 bridgehead atoms. The number of rotatable bonds is 4. The molecule has 0 unspecified atom stereocenters. The number of hydrogen-bond acceptors (Lipinski definition) is 4. The van der Waals surface area contributed by atoms with Crippen molar-refractivity contribution < 1.29 is 22.6 Å². The Hall–Kier alpha value is -2.28. The van der Waals surface area contributed by atoms with Crippen molar-refractivity contribution in [1.82, 2.24) is 4.98 Å². The molecule has 1 aromatic heterocycles. The highest BCUT2D eigenvalue weighted by Gasteiger charge is 2.31. The Bertz CT molecular complexity index is 583. The summed E-state index contributed by atoms with van der Waals surface area (Å²) in [5.41, 5.74) is 7.41.